The Morgan fingerprint density at radius 3 is 2.65 bits per heavy atom. The number of carbonyl (C=O) groups excluding carboxylic acids is 2. The lowest BCUT2D eigenvalue weighted by Gasteiger charge is -2.12. The molecule has 134 valence electrons. The van der Waals surface area contributed by atoms with E-state index < -0.39 is 5.82 Å². The smallest absolute Gasteiger partial charge is 0.293 e. The molecule has 4 nitrogen and oxygen atoms in total. The second kappa shape index (κ2) is 6.43. The van der Waals surface area contributed by atoms with Crippen LogP contribution in [0.15, 0.2) is 35.2 Å². The first-order chi connectivity index (χ1) is 12.5. The van der Waals surface area contributed by atoms with E-state index >= 15 is 0 Å². The molecule has 0 spiro atoms. The van der Waals surface area contributed by atoms with Crippen LogP contribution >= 0.6 is 11.8 Å². The summed E-state index contributed by atoms with van der Waals surface area (Å²) in [4.78, 5) is 26.4. The van der Waals surface area contributed by atoms with Gasteiger partial charge in [-0.1, -0.05) is 18.2 Å². The lowest BCUT2D eigenvalue weighted by Crippen LogP contribution is -2.27. The molecule has 0 atom stereocenters. The van der Waals surface area contributed by atoms with Gasteiger partial charge in [-0.2, -0.15) is 0 Å². The third-order valence-electron chi connectivity index (χ3n) is 4.88. The first kappa shape index (κ1) is 17.1. The van der Waals surface area contributed by atoms with Gasteiger partial charge < -0.3 is 4.57 Å². The molecule has 0 N–H and O–H groups in total. The average Bonchev–Trinajstić information content (AvgIpc) is 3.34. The molecular weight excluding hydrogens is 351 g/mol. The Labute approximate surface area is 155 Å². The lowest BCUT2D eigenvalue weighted by atomic mass is 10.2. The van der Waals surface area contributed by atoms with Crippen molar-refractivity contribution in [2.75, 3.05) is 0 Å². The fourth-order valence-corrected chi connectivity index (χ4v) is 4.25. The van der Waals surface area contributed by atoms with Gasteiger partial charge in [0.1, 0.15) is 5.82 Å². The normalized spacial score (nSPS) is 19.0. The minimum Gasteiger partial charge on any atom is -0.346 e. The number of aromatic nitrogens is 1. The maximum atomic E-state index is 13.8. The summed E-state index contributed by atoms with van der Waals surface area (Å²) in [6, 6.07) is 8.82. The Morgan fingerprint density at radius 1 is 1.23 bits per heavy atom. The van der Waals surface area contributed by atoms with E-state index in [-0.39, 0.29) is 17.7 Å². The topological polar surface area (TPSA) is 42.3 Å². The van der Waals surface area contributed by atoms with Gasteiger partial charge in [0.05, 0.1) is 11.4 Å². The van der Waals surface area contributed by atoms with Crippen molar-refractivity contribution in [3.05, 3.63) is 63.6 Å². The number of hydrogen-bond acceptors (Lipinski definition) is 3. The first-order valence-corrected chi connectivity index (χ1v) is 9.44. The molecule has 2 amide bonds. The van der Waals surface area contributed by atoms with Gasteiger partial charge in [-0.15, -0.1) is 0 Å². The summed E-state index contributed by atoms with van der Waals surface area (Å²) in [5.74, 6) is -0.775. The standard InChI is InChI=1S/C20H19FN2O2S/c1-12-9-15(13(2)23(12)16-7-8-16)10-18-19(24)22(20(25)26-18)11-14-5-3-4-6-17(14)21/h3-6,9-10,16H,7-8,11H2,1-2H3/b18-10-. The van der Waals surface area contributed by atoms with Crippen LogP contribution in [-0.4, -0.2) is 20.6 Å². The Balaban J connectivity index is 1.60. The predicted octanol–water partition coefficient (Wildman–Crippen LogP) is 4.82. The molecule has 0 unspecified atom stereocenters. The van der Waals surface area contributed by atoms with E-state index in [1.807, 2.05) is 6.92 Å². The molecule has 1 aromatic carbocycles. The number of rotatable bonds is 4. The third-order valence-corrected chi connectivity index (χ3v) is 5.79. The quantitative estimate of drug-likeness (QED) is 0.725. The SMILES string of the molecule is Cc1cc(/C=C2\SC(=O)N(Cc3ccccc3F)C2=O)c(C)n1C1CC1. The van der Waals surface area contributed by atoms with Crippen molar-refractivity contribution in [1.29, 1.82) is 0 Å². The van der Waals surface area contributed by atoms with Crippen LogP contribution in [0.4, 0.5) is 9.18 Å². The van der Waals surface area contributed by atoms with Crippen molar-refractivity contribution in [1.82, 2.24) is 9.47 Å². The lowest BCUT2D eigenvalue weighted by molar-refractivity contribution is -0.123. The zero-order chi connectivity index (χ0) is 18.4. The molecule has 2 heterocycles. The Morgan fingerprint density at radius 2 is 1.96 bits per heavy atom. The van der Waals surface area contributed by atoms with Crippen LogP contribution in [0.25, 0.3) is 6.08 Å². The highest BCUT2D eigenvalue weighted by molar-refractivity contribution is 8.18. The number of imide groups is 1. The van der Waals surface area contributed by atoms with Crippen LogP contribution in [0.2, 0.25) is 0 Å². The van der Waals surface area contributed by atoms with Gasteiger partial charge in [0, 0.05) is 23.0 Å². The van der Waals surface area contributed by atoms with E-state index in [1.165, 1.54) is 24.6 Å². The van der Waals surface area contributed by atoms with E-state index in [9.17, 15) is 14.0 Å². The van der Waals surface area contributed by atoms with Crippen molar-refractivity contribution >= 4 is 29.0 Å². The number of aryl methyl sites for hydroxylation is 1. The summed E-state index contributed by atoms with van der Waals surface area (Å²) in [6.07, 6.45) is 4.16. The number of thioether (sulfide) groups is 1. The van der Waals surface area contributed by atoms with E-state index in [1.54, 1.807) is 24.3 Å². The molecule has 0 bridgehead atoms. The van der Waals surface area contributed by atoms with Gasteiger partial charge in [0.15, 0.2) is 0 Å². The second-order valence-corrected chi connectivity index (χ2v) is 7.78. The van der Waals surface area contributed by atoms with Crippen LogP contribution in [-0.2, 0) is 11.3 Å². The highest BCUT2D eigenvalue weighted by Crippen LogP contribution is 2.40. The zero-order valence-corrected chi connectivity index (χ0v) is 15.5. The Bertz CT molecular complexity index is 943. The number of halogens is 1. The molecule has 2 aliphatic rings. The van der Waals surface area contributed by atoms with E-state index in [4.69, 9.17) is 0 Å². The van der Waals surface area contributed by atoms with Crippen molar-refractivity contribution in [2.24, 2.45) is 0 Å². The van der Waals surface area contributed by atoms with Gasteiger partial charge in [-0.25, -0.2) is 4.39 Å². The largest absolute Gasteiger partial charge is 0.346 e. The van der Waals surface area contributed by atoms with Crippen molar-refractivity contribution in [3.8, 4) is 0 Å². The highest BCUT2D eigenvalue weighted by Gasteiger charge is 2.36. The van der Waals surface area contributed by atoms with Gasteiger partial charge in [0.25, 0.3) is 11.1 Å². The van der Waals surface area contributed by atoms with Crippen LogP contribution in [0.1, 0.15) is 41.4 Å². The van der Waals surface area contributed by atoms with Crippen molar-refractivity contribution < 1.29 is 14.0 Å². The minimum absolute atomic E-state index is 0.0459. The predicted molar refractivity (Wildman–Crippen MR) is 100 cm³/mol. The Kier molecular flexibility index (Phi) is 4.23. The maximum Gasteiger partial charge on any atom is 0.293 e. The third kappa shape index (κ3) is 2.98. The number of benzene rings is 1. The fraction of sp³-hybridized carbons (Fsp3) is 0.300. The van der Waals surface area contributed by atoms with Gasteiger partial charge in [0.2, 0.25) is 0 Å². The molecule has 1 saturated carbocycles. The molecule has 2 aromatic rings. The van der Waals surface area contributed by atoms with Gasteiger partial charge >= 0.3 is 0 Å². The zero-order valence-electron chi connectivity index (χ0n) is 14.7. The Hall–Kier alpha value is -2.34. The summed E-state index contributed by atoms with van der Waals surface area (Å²) in [5.41, 5.74) is 3.58. The van der Waals surface area contributed by atoms with Crippen LogP contribution in [0, 0.1) is 19.7 Å². The monoisotopic (exact) mass is 370 g/mol. The summed E-state index contributed by atoms with van der Waals surface area (Å²) in [5, 5.41) is -0.361. The summed E-state index contributed by atoms with van der Waals surface area (Å²) in [6.45, 7) is 4.06. The van der Waals surface area contributed by atoms with Crippen LogP contribution in [0.5, 0.6) is 0 Å². The number of carbonyl (C=O) groups is 2. The summed E-state index contributed by atoms with van der Waals surface area (Å²) in [7, 11) is 0. The molecule has 1 aromatic heterocycles. The second-order valence-electron chi connectivity index (χ2n) is 6.79. The fourth-order valence-electron chi connectivity index (χ4n) is 3.42. The molecule has 26 heavy (non-hydrogen) atoms. The van der Waals surface area contributed by atoms with E-state index in [0.717, 1.165) is 27.9 Å². The number of nitrogens with zero attached hydrogens (tertiary/aromatic N) is 2. The molecule has 1 saturated heterocycles. The van der Waals surface area contributed by atoms with Gasteiger partial charge in [-0.3, -0.25) is 14.5 Å². The number of amides is 2. The van der Waals surface area contributed by atoms with E-state index in [0.29, 0.717) is 16.5 Å². The first-order valence-electron chi connectivity index (χ1n) is 8.63. The minimum atomic E-state index is -0.413. The highest BCUT2D eigenvalue weighted by atomic mass is 32.2. The molecule has 6 heteroatoms. The molecule has 1 aliphatic heterocycles. The molecule has 1 aliphatic carbocycles. The van der Waals surface area contributed by atoms with E-state index in [2.05, 4.69) is 17.6 Å². The summed E-state index contributed by atoms with van der Waals surface area (Å²) >= 11 is 0.916. The molecule has 2 fully saturated rings. The van der Waals surface area contributed by atoms with Gasteiger partial charge in [-0.05, 0) is 62.2 Å². The molecular formula is C20H19FN2O2S. The summed E-state index contributed by atoms with van der Waals surface area (Å²) < 4.78 is 16.2. The maximum absolute atomic E-state index is 13.8. The van der Waals surface area contributed by atoms with Crippen LogP contribution < -0.4 is 0 Å². The van der Waals surface area contributed by atoms with Crippen molar-refractivity contribution in [2.45, 2.75) is 39.3 Å². The molecule has 4 rings (SSSR count). The average molecular weight is 370 g/mol. The molecule has 0 radical (unpaired) electrons. The van der Waals surface area contributed by atoms with Crippen molar-refractivity contribution in [3.63, 3.8) is 0 Å². The number of hydrogen-bond donors (Lipinski definition) is 0. The van der Waals surface area contributed by atoms with Crippen LogP contribution in [0.3, 0.4) is 0 Å².